The number of hydrogen-bond donors (Lipinski definition) is 1. The van der Waals surface area contributed by atoms with Crippen LogP contribution in [0.1, 0.15) is 47.2 Å². The number of aliphatic hydroxyl groups excluding tert-OH is 1. The lowest BCUT2D eigenvalue weighted by atomic mass is 9.97. The Morgan fingerprint density at radius 3 is 2.67 bits per heavy atom. The molecule has 1 aromatic heterocycles. The smallest absolute Gasteiger partial charge is 0.338 e. The fourth-order valence-corrected chi connectivity index (χ4v) is 3.55. The minimum Gasteiger partial charge on any atom is -0.465 e. The average Bonchev–Trinajstić information content (AvgIpc) is 3.07. The molecule has 0 fully saturated rings. The second-order valence-corrected chi connectivity index (χ2v) is 7.24. The monoisotopic (exact) mass is 424 g/mol. The second kappa shape index (κ2) is 10.2. The molecule has 5 nitrogen and oxygen atoms in total. The van der Waals surface area contributed by atoms with Crippen molar-refractivity contribution >= 4 is 23.6 Å². The van der Waals surface area contributed by atoms with Gasteiger partial charge in [0.2, 0.25) is 0 Å². The number of unbranched alkanes of at least 4 members (excludes halogenated alkanes) is 1. The van der Waals surface area contributed by atoms with Gasteiger partial charge in [-0.15, -0.1) is 0 Å². The van der Waals surface area contributed by atoms with E-state index in [1.54, 1.807) is 0 Å². The van der Waals surface area contributed by atoms with Gasteiger partial charge in [0, 0.05) is 6.54 Å². The van der Waals surface area contributed by atoms with Crippen LogP contribution in [-0.4, -0.2) is 27.7 Å². The molecule has 0 saturated heterocycles. The number of carbonyl (C=O) groups excluding carboxylic acids is 1. The van der Waals surface area contributed by atoms with Crippen LogP contribution >= 0.6 is 11.6 Å². The second-order valence-electron chi connectivity index (χ2n) is 6.88. The zero-order chi connectivity index (χ0) is 21.5. The highest BCUT2D eigenvalue weighted by molar-refractivity contribution is 6.30. The Kier molecular flexibility index (Phi) is 7.44. The predicted octanol–water partition coefficient (Wildman–Crippen LogP) is 5.34. The summed E-state index contributed by atoms with van der Waals surface area (Å²) in [6.45, 7) is 2.30. The Hall–Kier alpha value is -2.89. The highest BCUT2D eigenvalue weighted by Crippen LogP contribution is 2.27. The number of halogens is 1. The Labute approximate surface area is 181 Å². The summed E-state index contributed by atoms with van der Waals surface area (Å²) in [6, 6.07) is 15.4. The number of carbonyl (C=O) groups is 1. The summed E-state index contributed by atoms with van der Waals surface area (Å²) in [5.74, 6) is 0.272. The normalized spacial score (nSPS) is 11.2. The number of hydrogen-bond acceptors (Lipinski definition) is 4. The van der Waals surface area contributed by atoms with Gasteiger partial charge in [0.15, 0.2) is 5.15 Å². The Morgan fingerprint density at radius 2 is 2.00 bits per heavy atom. The van der Waals surface area contributed by atoms with Crippen LogP contribution in [0.4, 0.5) is 0 Å². The lowest BCUT2D eigenvalue weighted by molar-refractivity contribution is 0.0601. The van der Waals surface area contributed by atoms with Gasteiger partial charge in [-0.25, -0.2) is 9.78 Å². The zero-order valence-corrected chi connectivity index (χ0v) is 17.9. The van der Waals surface area contributed by atoms with E-state index in [1.807, 2.05) is 65.3 Å². The molecule has 0 spiro atoms. The van der Waals surface area contributed by atoms with Gasteiger partial charge in [-0.2, -0.15) is 0 Å². The van der Waals surface area contributed by atoms with E-state index >= 15 is 0 Å². The summed E-state index contributed by atoms with van der Waals surface area (Å²) in [4.78, 5) is 16.8. The van der Waals surface area contributed by atoms with Crippen molar-refractivity contribution in [1.29, 1.82) is 0 Å². The molecule has 6 heteroatoms. The van der Waals surface area contributed by atoms with Crippen molar-refractivity contribution < 1.29 is 14.6 Å². The van der Waals surface area contributed by atoms with Crippen LogP contribution in [0.3, 0.4) is 0 Å². The summed E-state index contributed by atoms with van der Waals surface area (Å²) < 4.78 is 6.88. The van der Waals surface area contributed by atoms with Crippen LogP contribution in [0, 0.1) is 0 Å². The van der Waals surface area contributed by atoms with Crippen LogP contribution in [0.25, 0.3) is 17.2 Å². The van der Waals surface area contributed by atoms with Gasteiger partial charge in [-0.1, -0.05) is 73.5 Å². The fourth-order valence-electron chi connectivity index (χ4n) is 3.31. The van der Waals surface area contributed by atoms with Crippen LogP contribution in [0.2, 0.25) is 5.15 Å². The largest absolute Gasteiger partial charge is 0.465 e. The fraction of sp³-hybridized carbons (Fsp3) is 0.250. The molecule has 3 aromatic rings. The molecule has 0 saturated carbocycles. The SMILES string of the molecule is CCC/C=C\c1nc(Cl)c(CO)n1Cc1ccc(-c2ccccc2)c(C(=O)OC)c1. The van der Waals surface area contributed by atoms with Crippen molar-refractivity contribution in [3.05, 3.63) is 82.4 Å². The van der Waals surface area contributed by atoms with E-state index in [1.165, 1.54) is 7.11 Å². The summed E-state index contributed by atoms with van der Waals surface area (Å²) >= 11 is 6.24. The van der Waals surface area contributed by atoms with Gasteiger partial charge < -0.3 is 14.4 Å². The van der Waals surface area contributed by atoms with Gasteiger partial charge in [0.05, 0.1) is 25.0 Å². The number of rotatable bonds is 8. The van der Waals surface area contributed by atoms with E-state index in [0.29, 0.717) is 23.6 Å². The van der Waals surface area contributed by atoms with E-state index in [0.717, 1.165) is 29.5 Å². The quantitative estimate of drug-likeness (QED) is 0.495. The maximum Gasteiger partial charge on any atom is 0.338 e. The van der Waals surface area contributed by atoms with Gasteiger partial charge in [-0.05, 0) is 35.3 Å². The molecule has 0 radical (unpaired) electrons. The van der Waals surface area contributed by atoms with Crippen molar-refractivity contribution in [3.63, 3.8) is 0 Å². The molecular weight excluding hydrogens is 400 g/mol. The lowest BCUT2D eigenvalue weighted by Gasteiger charge is -2.13. The first-order valence-corrected chi connectivity index (χ1v) is 10.3. The average molecular weight is 425 g/mol. The first-order valence-electron chi connectivity index (χ1n) is 9.88. The first kappa shape index (κ1) is 21.8. The molecular formula is C24H25ClN2O3. The number of imidazole rings is 1. The van der Waals surface area contributed by atoms with Crippen LogP contribution in [-0.2, 0) is 17.9 Å². The minimum absolute atomic E-state index is 0.223. The molecule has 0 amide bonds. The van der Waals surface area contributed by atoms with Crippen LogP contribution in [0.15, 0.2) is 54.6 Å². The van der Waals surface area contributed by atoms with Crippen molar-refractivity contribution in [2.24, 2.45) is 0 Å². The molecule has 0 aliphatic rings. The third-order valence-electron chi connectivity index (χ3n) is 4.84. The number of allylic oxidation sites excluding steroid dienone is 1. The van der Waals surface area contributed by atoms with E-state index in [4.69, 9.17) is 16.3 Å². The molecule has 1 heterocycles. The molecule has 0 aliphatic heterocycles. The van der Waals surface area contributed by atoms with E-state index < -0.39 is 5.97 Å². The lowest BCUT2D eigenvalue weighted by Crippen LogP contribution is -2.09. The van der Waals surface area contributed by atoms with Crippen LogP contribution in [0.5, 0.6) is 0 Å². The number of ether oxygens (including phenoxy) is 1. The Bertz CT molecular complexity index is 1040. The van der Waals surface area contributed by atoms with Crippen LogP contribution < -0.4 is 0 Å². The molecule has 0 atom stereocenters. The number of aromatic nitrogens is 2. The van der Waals surface area contributed by atoms with Gasteiger partial charge in [-0.3, -0.25) is 0 Å². The molecule has 0 aliphatic carbocycles. The van der Waals surface area contributed by atoms with Crippen molar-refractivity contribution in [3.8, 4) is 11.1 Å². The number of methoxy groups -OCH3 is 1. The molecule has 2 aromatic carbocycles. The number of benzene rings is 2. The van der Waals surface area contributed by atoms with Crippen molar-refractivity contribution in [1.82, 2.24) is 9.55 Å². The highest BCUT2D eigenvalue weighted by Gasteiger charge is 2.17. The number of aliphatic hydroxyl groups is 1. The number of nitrogens with zero attached hydrogens (tertiary/aromatic N) is 2. The van der Waals surface area contributed by atoms with Crippen molar-refractivity contribution in [2.45, 2.75) is 32.9 Å². The predicted molar refractivity (Wildman–Crippen MR) is 119 cm³/mol. The van der Waals surface area contributed by atoms with Crippen molar-refractivity contribution in [2.75, 3.05) is 7.11 Å². The molecule has 156 valence electrons. The molecule has 1 N–H and O–H groups in total. The summed E-state index contributed by atoms with van der Waals surface area (Å²) in [5.41, 5.74) is 3.65. The maximum atomic E-state index is 12.5. The number of esters is 1. The van der Waals surface area contributed by atoms with Gasteiger partial charge in [0.1, 0.15) is 5.82 Å². The molecule has 0 bridgehead atoms. The molecule has 3 rings (SSSR count). The molecule has 30 heavy (non-hydrogen) atoms. The van der Waals surface area contributed by atoms with E-state index in [2.05, 4.69) is 11.9 Å². The van der Waals surface area contributed by atoms with Gasteiger partial charge >= 0.3 is 5.97 Å². The summed E-state index contributed by atoms with van der Waals surface area (Å²) in [5, 5.41) is 10.1. The Balaban J connectivity index is 2.02. The van der Waals surface area contributed by atoms with E-state index in [-0.39, 0.29) is 11.8 Å². The van der Waals surface area contributed by atoms with E-state index in [9.17, 15) is 9.90 Å². The highest BCUT2D eigenvalue weighted by atomic mass is 35.5. The maximum absolute atomic E-state index is 12.5. The minimum atomic E-state index is -0.398. The summed E-state index contributed by atoms with van der Waals surface area (Å²) in [6.07, 6.45) is 5.90. The Morgan fingerprint density at radius 1 is 1.23 bits per heavy atom. The van der Waals surface area contributed by atoms with Gasteiger partial charge in [0.25, 0.3) is 0 Å². The standard InChI is InChI=1S/C24H25ClN2O3/c1-3-4-6-11-22-26-23(25)21(16-28)27(22)15-17-12-13-19(18-9-7-5-8-10-18)20(14-17)24(29)30-2/h5-14,28H,3-4,15-16H2,1-2H3/b11-6-. The summed E-state index contributed by atoms with van der Waals surface area (Å²) in [7, 11) is 1.37. The molecule has 0 unspecified atom stereocenters. The topological polar surface area (TPSA) is 64.4 Å². The zero-order valence-electron chi connectivity index (χ0n) is 17.1. The first-order chi connectivity index (χ1) is 14.6. The third-order valence-corrected chi connectivity index (χ3v) is 5.14. The third kappa shape index (κ3) is 4.81.